The standard InChI is InChI=1S/C31H34N4O4/c1-3-5-20-38-28-15-17-29(18-16-28)39-23-30(36)33-32-21-25-22-35(26-9-7-6-8-10-26)34-31(25)24-11-13-27(14-12-24)37-19-4-2/h6-18,21-22H,3-5,19-20,23H2,1-2H3,(H,33,36)/b32-21-. The fourth-order valence-corrected chi connectivity index (χ4v) is 3.67. The Balaban J connectivity index is 1.40. The maximum atomic E-state index is 12.3. The van der Waals surface area contributed by atoms with Crippen molar-refractivity contribution in [3.8, 4) is 34.2 Å². The fourth-order valence-electron chi connectivity index (χ4n) is 3.67. The van der Waals surface area contributed by atoms with Crippen LogP contribution in [0, 0.1) is 0 Å². The van der Waals surface area contributed by atoms with Crippen LogP contribution in [0.4, 0.5) is 0 Å². The number of amides is 1. The van der Waals surface area contributed by atoms with Crippen LogP contribution in [-0.2, 0) is 4.79 Å². The van der Waals surface area contributed by atoms with Gasteiger partial charge in [-0.25, -0.2) is 10.1 Å². The van der Waals surface area contributed by atoms with Gasteiger partial charge in [0.25, 0.3) is 5.91 Å². The second-order valence-corrected chi connectivity index (χ2v) is 8.84. The average Bonchev–Trinajstić information content (AvgIpc) is 3.40. The lowest BCUT2D eigenvalue weighted by atomic mass is 10.1. The summed E-state index contributed by atoms with van der Waals surface area (Å²) in [5, 5.41) is 8.94. The normalized spacial score (nSPS) is 10.9. The number of para-hydroxylation sites is 1. The van der Waals surface area contributed by atoms with Gasteiger partial charge in [0.05, 0.1) is 25.1 Å². The van der Waals surface area contributed by atoms with Gasteiger partial charge < -0.3 is 14.2 Å². The molecule has 202 valence electrons. The Morgan fingerprint density at radius 1 is 0.846 bits per heavy atom. The zero-order valence-corrected chi connectivity index (χ0v) is 22.4. The molecule has 1 amide bonds. The van der Waals surface area contributed by atoms with Gasteiger partial charge in [0.2, 0.25) is 0 Å². The summed E-state index contributed by atoms with van der Waals surface area (Å²) in [6.45, 7) is 5.38. The third-order valence-electron chi connectivity index (χ3n) is 5.72. The number of hydrazone groups is 1. The minimum Gasteiger partial charge on any atom is -0.494 e. The Kier molecular flexibility index (Phi) is 10.1. The Morgan fingerprint density at radius 2 is 1.49 bits per heavy atom. The van der Waals surface area contributed by atoms with E-state index >= 15 is 0 Å². The number of carbonyl (C=O) groups is 1. The first-order chi connectivity index (χ1) is 19.2. The third kappa shape index (κ3) is 8.20. The Bertz CT molecular complexity index is 1330. The van der Waals surface area contributed by atoms with Gasteiger partial charge in [-0.15, -0.1) is 0 Å². The number of carbonyl (C=O) groups excluding carboxylic acids is 1. The molecule has 1 aromatic heterocycles. The lowest BCUT2D eigenvalue weighted by Gasteiger charge is -2.08. The van der Waals surface area contributed by atoms with Crippen molar-refractivity contribution in [3.05, 3.63) is 90.6 Å². The van der Waals surface area contributed by atoms with Crippen LogP contribution in [0.5, 0.6) is 17.2 Å². The highest BCUT2D eigenvalue weighted by atomic mass is 16.5. The third-order valence-corrected chi connectivity index (χ3v) is 5.72. The number of nitrogens with zero attached hydrogens (tertiary/aromatic N) is 3. The predicted molar refractivity (Wildman–Crippen MR) is 153 cm³/mol. The number of rotatable bonds is 14. The molecule has 0 aliphatic carbocycles. The van der Waals surface area contributed by atoms with Crippen LogP contribution in [0.3, 0.4) is 0 Å². The summed E-state index contributed by atoms with van der Waals surface area (Å²) in [6.07, 6.45) is 6.50. The van der Waals surface area contributed by atoms with Gasteiger partial charge in [0.15, 0.2) is 6.61 Å². The highest BCUT2D eigenvalue weighted by Gasteiger charge is 2.12. The highest BCUT2D eigenvalue weighted by Crippen LogP contribution is 2.25. The smallest absolute Gasteiger partial charge is 0.277 e. The van der Waals surface area contributed by atoms with E-state index in [2.05, 4.69) is 24.4 Å². The Morgan fingerprint density at radius 3 is 2.15 bits per heavy atom. The van der Waals surface area contributed by atoms with E-state index in [1.165, 1.54) is 0 Å². The first-order valence-electron chi connectivity index (χ1n) is 13.2. The lowest BCUT2D eigenvalue weighted by Crippen LogP contribution is -2.24. The van der Waals surface area contributed by atoms with Crippen LogP contribution in [0.25, 0.3) is 16.9 Å². The monoisotopic (exact) mass is 526 g/mol. The highest BCUT2D eigenvalue weighted by molar-refractivity contribution is 5.89. The molecule has 0 saturated heterocycles. The Hall–Kier alpha value is -4.59. The SMILES string of the molecule is CCCCOc1ccc(OCC(=O)N/N=C\c2cn(-c3ccccc3)nc2-c2ccc(OCCC)cc2)cc1. The molecule has 8 heteroatoms. The van der Waals surface area contributed by atoms with E-state index < -0.39 is 0 Å². The van der Waals surface area contributed by atoms with E-state index in [4.69, 9.17) is 19.3 Å². The maximum Gasteiger partial charge on any atom is 0.277 e. The van der Waals surface area contributed by atoms with Crippen LogP contribution < -0.4 is 19.6 Å². The Labute approximate surface area is 229 Å². The summed E-state index contributed by atoms with van der Waals surface area (Å²) in [5.74, 6) is 1.79. The van der Waals surface area contributed by atoms with Crippen LogP contribution in [0.2, 0.25) is 0 Å². The van der Waals surface area contributed by atoms with Crippen LogP contribution in [0.15, 0.2) is 90.2 Å². The molecule has 0 atom stereocenters. The molecule has 3 aromatic carbocycles. The molecular weight excluding hydrogens is 492 g/mol. The molecule has 1 heterocycles. The van der Waals surface area contributed by atoms with Crippen LogP contribution in [-0.4, -0.2) is 41.7 Å². The molecule has 1 N–H and O–H groups in total. The molecule has 0 spiro atoms. The van der Waals surface area contributed by atoms with Crippen molar-refractivity contribution in [1.82, 2.24) is 15.2 Å². The summed E-state index contributed by atoms with van der Waals surface area (Å²) in [7, 11) is 0. The van der Waals surface area contributed by atoms with Gasteiger partial charge in [0.1, 0.15) is 22.9 Å². The van der Waals surface area contributed by atoms with E-state index in [1.54, 1.807) is 23.0 Å². The number of hydrogen-bond acceptors (Lipinski definition) is 6. The molecule has 0 aliphatic heterocycles. The first-order valence-corrected chi connectivity index (χ1v) is 13.2. The molecule has 8 nitrogen and oxygen atoms in total. The number of hydrogen-bond donors (Lipinski definition) is 1. The second kappa shape index (κ2) is 14.4. The molecule has 4 rings (SSSR count). The molecule has 0 bridgehead atoms. The topological polar surface area (TPSA) is 87.0 Å². The summed E-state index contributed by atoms with van der Waals surface area (Å²) in [6, 6.07) is 24.8. The number of nitrogens with one attached hydrogen (secondary N) is 1. The van der Waals surface area contributed by atoms with Gasteiger partial charge in [-0.05, 0) is 73.5 Å². The first kappa shape index (κ1) is 27.4. The van der Waals surface area contributed by atoms with E-state index in [0.29, 0.717) is 19.0 Å². The van der Waals surface area contributed by atoms with Crippen molar-refractivity contribution in [2.75, 3.05) is 19.8 Å². The van der Waals surface area contributed by atoms with Crippen LogP contribution >= 0.6 is 0 Å². The molecule has 0 aliphatic rings. The van der Waals surface area contributed by atoms with Crippen molar-refractivity contribution >= 4 is 12.1 Å². The van der Waals surface area contributed by atoms with E-state index in [0.717, 1.165) is 53.3 Å². The van der Waals surface area contributed by atoms with Crippen molar-refractivity contribution in [2.45, 2.75) is 33.1 Å². The number of ether oxygens (including phenoxy) is 3. The number of benzene rings is 3. The fraction of sp³-hybridized carbons (Fsp3) is 0.258. The quantitative estimate of drug-likeness (QED) is 0.123. The molecular formula is C31H34N4O4. The van der Waals surface area contributed by atoms with Crippen molar-refractivity contribution in [3.63, 3.8) is 0 Å². The summed E-state index contributed by atoms with van der Waals surface area (Å²) in [5.41, 5.74) is 5.84. The summed E-state index contributed by atoms with van der Waals surface area (Å²) in [4.78, 5) is 12.3. The van der Waals surface area contributed by atoms with E-state index in [-0.39, 0.29) is 12.5 Å². The largest absolute Gasteiger partial charge is 0.494 e. The minimum atomic E-state index is -0.371. The molecule has 0 unspecified atom stereocenters. The number of aromatic nitrogens is 2. The molecule has 0 fully saturated rings. The van der Waals surface area contributed by atoms with Crippen molar-refractivity contribution in [2.24, 2.45) is 5.10 Å². The molecule has 0 saturated carbocycles. The van der Waals surface area contributed by atoms with Gasteiger partial charge in [0, 0.05) is 17.3 Å². The number of unbranched alkanes of at least 4 members (excludes halogenated alkanes) is 1. The zero-order valence-electron chi connectivity index (χ0n) is 22.4. The lowest BCUT2D eigenvalue weighted by molar-refractivity contribution is -0.123. The van der Waals surface area contributed by atoms with E-state index in [1.807, 2.05) is 72.9 Å². The van der Waals surface area contributed by atoms with Gasteiger partial charge in [-0.3, -0.25) is 4.79 Å². The predicted octanol–water partition coefficient (Wildman–Crippen LogP) is 6.04. The second-order valence-electron chi connectivity index (χ2n) is 8.84. The molecule has 39 heavy (non-hydrogen) atoms. The maximum absolute atomic E-state index is 12.3. The van der Waals surface area contributed by atoms with Crippen molar-refractivity contribution < 1.29 is 19.0 Å². The molecule has 4 aromatic rings. The van der Waals surface area contributed by atoms with E-state index in [9.17, 15) is 4.79 Å². The van der Waals surface area contributed by atoms with Gasteiger partial charge in [-0.1, -0.05) is 38.5 Å². The van der Waals surface area contributed by atoms with Gasteiger partial charge in [-0.2, -0.15) is 10.2 Å². The van der Waals surface area contributed by atoms with Crippen molar-refractivity contribution in [1.29, 1.82) is 0 Å². The zero-order chi connectivity index (χ0) is 27.3. The summed E-state index contributed by atoms with van der Waals surface area (Å²) < 4.78 is 18.7. The van der Waals surface area contributed by atoms with Crippen LogP contribution in [0.1, 0.15) is 38.7 Å². The summed E-state index contributed by atoms with van der Waals surface area (Å²) >= 11 is 0. The molecule has 0 radical (unpaired) electrons. The van der Waals surface area contributed by atoms with Gasteiger partial charge >= 0.3 is 0 Å². The average molecular weight is 527 g/mol. The minimum absolute atomic E-state index is 0.164.